The van der Waals surface area contributed by atoms with E-state index in [1.165, 1.54) is 14.0 Å². The van der Waals surface area contributed by atoms with Crippen LogP contribution in [0.3, 0.4) is 0 Å². The zero-order valence-corrected chi connectivity index (χ0v) is 20.6. The zero-order chi connectivity index (χ0) is 24.4. The summed E-state index contributed by atoms with van der Waals surface area (Å²) in [6.45, 7) is 5.64. The lowest BCUT2D eigenvalue weighted by Crippen LogP contribution is -2.28. The maximum atomic E-state index is 11.7. The Morgan fingerprint density at radius 3 is 2.42 bits per heavy atom. The molecule has 0 radical (unpaired) electrons. The molecule has 2 rings (SSSR count). The van der Waals surface area contributed by atoms with E-state index in [1.807, 2.05) is 31.2 Å². The van der Waals surface area contributed by atoms with Gasteiger partial charge >= 0.3 is 5.97 Å². The van der Waals surface area contributed by atoms with E-state index in [-0.39, 0.29) is 11.5 Å². The number of Topliss-reactive ketones (excluding diaryl/α,β-unsaturated/α-hetero) is 1. The molecule has 0 aliphatic carbocycles. The van der Waals surface area contributed by atoms with Crippen molar-refractivity contribution in [2.45, 2.75) is 57.5 Å². The first-order chi connectivity index (χ1) is 15.8. The lowest BCUT2D eigenvalue weighted by molar-refractivity contribution is -0.148. The van der Waals surface area contributed by atoms with Crippen LogP contribution in [0, 0.1) is 5.92 Å². The molecule has 2 atom stereocenters. The quantitative estimate of drug-likeness (QED) is 0.186. The molecule has 2 unspecified atom stereocenters. The second-order valence-corrected chi connectivity index (χ2v) is 9.19. The minimum atomic E-state index is -0.783. The number of phenols is 1. The van der Waals surface area contributed by atoms with E-state index >= 15 is 0 Å². The average molecular weight is 475 g/mol. The molecule has 0 aliphatic heterocycles. The highest BCUT2D eigenvalue weighted by Crippen LogP contribution is 2.33. The molecule has 0 aliphatic rings. The normalized spacial score (nSPS) is 12.8. The van der Waals surface area contributed by atoms with Crippen LogP contribution in [-0.2, 0) is 22.4 Å². The van der Waals surface area contributed by atoms with Crippen LogP contribution in [0.4, 0.5) is 0 Å². The monoisotopic (exact) mass is 474 g/mol. The lowest BCUT2D eigenvalue weighted by atomic mass is 9.98. The summed E-state index contributed by atoms with van der Waals surface area (Å²) in [5, 5.41) is 20.6. The number of carbonyl (C=O) groups excluding carboxylic acids is 2. The molecule has 2 aromatic rings. The fraction of sp³-hybridized carbons (Fsp3) is 0.462. The summed E-state index contributed by atoms with van der Waals surface area (Å²) < 4.78 is 10.6. The first kappa shape index (κ1) is 26.7. The van der Waals surface area contributed by atoms with E-state index in [0.717, 1.165) is 29.1 Å². The fourth-order valence-electron chi connectivity index (χ4n) is 3.44. The number of thioether (sulfide) groups is 1. The molecule has 180 valence electrons. The van der Waals surface area contributed by atoms with Crippen LogP contribution in [0.2, 0.25) is 0 Å². The number of aliphatic hydroxyl groups is 1. The summed E-state index contributed by atoms with van der Waals surface area (Å²) in [7, 11) is 1.32. The summed E-state index contributed by atoms with van der Waals surface area (Å²) in [5.41, 5.74) is 1.98. The van der Waals surface area contributed by atoms with Crippen LogP contribution in [0.25, 0.3) is 0 Å². The average Bonchev–Trinajstić information content (AvgIpc) is 2.80. The highest BCUT2D eigenvalue weighted by Gasteiger charge is 2.22. The number of aromatic hydroxyl groups is 1. The van der Waals surface area contributed by atoms with Crippen molar-refractivity contribution in [2.75, 3.05) is 19.5 Å². The third-order valence-corrected chi connectivity index (χ3v) is 6.55. The van der Waals surface area contributed by atoms with Gasteiger partial charge in [0.25, 0.3) is 0 Å². The van der Waals surface area contributed by atoms with Gasteiger partial charge in [0.05, 0.1) is 31.3 Å². The Morgan fingerprint density at radius 2 is 1.82 bits per heavy atom. The summed E-state index contributed by atoms with van der Waals surface area (Å²) in [5.74, 6) is 0.385. The Bertz CT molecular complexity index is 925. The number of benzene rings is 2. The van der Waals surface area contributed by atoms with Crippen molar-refractivity contribution >= 4 is 23.5 Å². The van der Waals surface area contributed by atoms with Crippen LogP contribution < -0.4 is 4.74 Å². The molecule has 0 saturated carbocycles. The fourth-order valence-corrected chi connectivity index (χ4v) is 4.27. The van der Waals surface area contributed by atoms with Crippen LogP contribution in [0.5, 0.6) is 11.5 Å². The van der Waals surface area contributed by atoms with Crippen LogP contribution >= 0.6 is 11.8 Å². The molecule has 0 spiro atoms. The van der Waals surface area contributed by atoms with E-state index in [2.05, 4.69) is 4.74 Å². The molecule has 0 fully saturated rings. The summed E-state index contributed by atoms with van der Waals surface area (Å²) in [6, 6.07) is 11.3. The number of ether oxygens (including phenoxy) is 2. The standard InChI is InChI=1S/C26H34O6S/c1-5-7-22-24(13-12-21(18(3)27)25(22)29)32-14-6-15-33-20-10-8-19(9-11-20)16-23(28)17(2)26(30)31-4/h8-13,17,23,28-29H,5-7,14-16H2,1-4H3. The van der Waals surface area contributed by atoms with Gasteiger partial charge in [0, 0.05) is 16.2 Å². The van der Waals surface area contributed by atoms with Gasteiger partial charge in [-0.15, -0.1) is 11.8 Å². The van der Waals surface area contributed by atoms with Crippen LogP contribution in [0.15, 0.2) is 41.3 Å². The number of esters is 1. The van der Waals surface area contributed by atoms with E-state index in [9.17, 15) is 19.8 Å². The zero-order valence-electron chi connectivity index (χ0n) is 19.8. The van der Waals surface area contributed by atoms with Crippen LogP contribution in [-0.4, -0.2) is 47.5 Å². The van der Waals surface area contributed by atoms with Gasteiger partial charge in [-0.05, 0) is 62.9 Å². The van der Waals surface area contributed by atoms with E-state index < -0.39 is 18.0 Å². The van der Waals surface area contributed by atoms with Gasteiger partial charge in [-0.25, -0.2) is 0 Å². The number of hydrogen-bond donors (Lipinski definition) is 2. The lowest BCUT2D eigenvalue weighted by Gasteiger charge is -2.16. The van der Waals surface area contributed by atoms with Crippen molar-refractivity contribution in [1.82, 2.24) is 0 Å². The molecule has 2 aromatic carbocycles. The minimum Gasteiger partial charge on any atom is -0.507 e. The van der Waals surface area contributed by atoms with E-state index in [4.69, 9.17) is 4.74 Å². The van der Waals surface area contributed by atoms with Crippen molar-refractivity contribution in [3.63, 3.8) is 0 Å². The summed E-state index contributed by atoms with van der Waals surface area (Å²) >= 11 is 1.71. The van der Waals surface area contributed by atoms with Gasteiger partial charge in [0.2, 0.25) is 0 Å². The molecule has 0 aromatic heterocycles. The number of hydrogen-bond acceptors (Lipinski definition) is 7. The van der Waals surface area contributed by atoms with Crippen molar-refractivity contribution in [1.29, 1.82) is 0 Å². The molecule has 2 N–H and O–H groups in total. The topological polar surface area (TPSA) is 93.1 Å². The molecule has 0 bridgehead atoms. The van der Waals surface area contributed by atoms with E-state index in [1.54, 1.807) is 30.8 Å². The van der Waals surface area contributed by atoms with Crippen molar-refractivity contribution < 1.29 is 29.3 Å². The molecular formula is C26H34O6S. The van der Waals surface area contributed by atoms with Gasteiger partial charge in [-0.2, -0.15) is 0 Å². The molecule has 0 saturated heterocycles. The predicted molar refractivity (Wildman–Crippen MR) is 130 cm³/mol. The number of phenolic OH excluding ortho intramolecular Hbond substituents is 1. The third-order valence-electron chi connectivity index (χ3n) is 5.45. The van der Waals surface area contributed by atoms with Crippen LogP contribution in [0.1, 0.15) is 55.1 Å². The predicted octanol–water partition coefficient (Wildman–Crippen LogP) is 4.82. The second kappa shape index (κ2) is 13.3. The Kier molecular flexibility index (Phi) is 10.7. The second-order valence-electron chi connectivity index (χ2n) is 8.02. The maximum Gasteiger partial charge on any atom is 0.311 e. The molecule has 7 heteroatoms. The van der Waals surface area contributed by atoms with Gasteiger partial charge in [0.15, 0.2) is 5.78 Å². The summed E-state index contributed by atoms with van der Waals surface area (Å²) in [6.07, 6.45) is 1.92. The highest BCUT2D eigenvalue weighted by atomic mass is 32.2. The maximum absolute atomic E-state index is 11.7. The van der Waals surface area contributed by atoms with Gasteiger partial charge < -0.3 is 19.7 Å². The molecule has 0 amide bonds. The Hall–Kier alpha value is -2.51. The molecule has 0 heterocycles. The Labute approximate surface area is 200 Å². The molecule has 33 heavy (non-hydrogen) atoms. The SMILES string of the molecule is CCCc1c(OCCCSc2ccc(CC(O)C(C)C(=O)OC)cc2)ccc(C(C)=O)c1O. The Morgan fingerprint density at radius 1 is 1.12 bits per heavy atom. The van der Waals surface area contributed by atoms with Gasteiger partial charge in [0.1, 0.15) is 11.5 Å². The largest absolute Gasteiger partial charge is 0.507 e. The summed E-state index contributed by atoms with van der Waals surface area (Å²) in [4.78, 5) is 24.3. The number of ketones is 1. The van der Waals surface area contributed by atoms with Crippen molar-refractivity contribution in [3.05, 3.63) is 53.1 Å². The van der Waals surface area contributed by atoms with Crippen molar-refractivity contribution in [2.24, 2.45) is 5.92 Å². The number of aliphatic hydroxyl groups excluding tert-OH is 1. The number of rotatable bonds is 13. The van der Waals surface area contributed by atoms with Crippen molar-refractivity contribution in [3.8, 4) is 11.5 Å². The number of carbonyl (C=O) groups is 2. The molecule has 6 nitrogen and oxygen atoms in total. The van der Waals surface area contributed by atoms with Gasteiger partial charge in [-0.1, -0.05) is 25.5 Å². The number of methoxy groups -OCH3 is 1. The first-order valence-corrected chi connectivity index (χ1v) is 12.2. The smallest absolute Gasteiger partial charge is 0.311 e. The molecular weight excluding hydrogens is 440 g/mol. The highest BCUT2D eigenvalue weighted by molar-refractivity contribution is 7.99. The first-order valence-electron chi connectivity index (χ1n) is 11.2. The Balaban J connectivity index is 1.82. The van der Waals surface area contributed by atoms with Gasteiger partial charge in [-0.3, -0.25) is 9.59 Å². The minimum absolute atomic E-state index is 0.0300. The van der Waals surface area contributed by atoms with E-state index in [0.29, 0.717) is 36.3 Å². The third kappa shape index (κ3) is 7.79.